The fourth-order valence-corrected chi connectivity index (χ4v) is 3.39. The lowest BCUT2D eigenvalue weighted by Gasteiger charge is -2.22. The molecule has 1 aliphatic heterocycles. The normalized spacial score (nSPS) is 16.9. The Morgan fingerprint density at radius 2 is 2.26 bits per heavy atom. The Morgan fingerprint density at radius 3 is 3.05 bits per heavy atom. The second kappa shape index (κ2) is 8.69. The van der Waals surface area contributed by atoms with E-state index in [0.29, 0.717) is 6.10 Å². The average Bonchev–Trinajstić information content (AvgIpc) is 2.91. The van der Waals surface area contributed by atoms with Gasteiger partial charge in [-0.25, -0.2) is 0 Å². The highest BCUT2D eigenvalue weighted by molar-refractivity contribution is 7.10. The number of hydrogen-bond acceptors (Lipinski definition) is 4. The third kappa shape index (κ3) is 5.22. The standard InChI is InChI=1S/C15H26N2OS/c1-2-13-6-11-19-15(13)12-17-7-3-10-18-14-4-8-16-9-5-14/h6,11,14,16-17H,2-5,7-10,12H2,1H3. The van der Waals surface area contributed by atoms with Crippen molar-refractivity contribution < 1.29 is 4.74 Å². The Morgan fingerprint density at radius 1 is 1.42 bits per heavy atom. The van der Waals surface area contributed by atoms with Crippen LogP contribution in [0.5, 0.6) is 0 Å². The topological polar surface area (TPSA) is 33.3 Å². The molecule has 1 aliphatic rings. The maximum atomic E-state index is 5.89. The van der Waals surface area contributed by atoms with Crippen molar-refractivity contribution in [2.75, 3.05) is 26.2 Å². The molecular formula is C15H26N2OS. The fraction of sp³-hybridized carbons (Fsp3) is 0.733. The molecule has 0 aromatic carbocycles. The zero-order chi connectivity index (χ0) is 13.3. The third-order valence-corrected chi connectivity index (χ3v) is 4.60. The molecule has 1 aromatic heterocycles. The lowest BCUT2D eigenvalue weighted by molar-refractivity contribution is 0.0317. The molecule has 0 spiro atoms. The molecule has 2 N–H and O–H groups in total. The van der Waals surface area contributed by atoms with Gasteiger partial charge in [-0.1, -0.05) is 6.92 Å². The monoisotopic (exact) mass is 282 g/mol. The first-order chi connectivity index (χ1) is 9.40. The molecule has 0 atom stereocenters. The van der Waals surface area contributed by atoms with Crippen LogP contribution in [0.2, 0.25) is 0 Å². The Labute approximate surface area is 120 Å². The minimum atomic E-state index is 0.491. The Bertz CT molecular complexity index is 348. The Kier molecular flexibility index (Phi) is 6.85. The Balaban J connectivity index is 1.50. The van der Waals surface area contributed by atoms with Crippen LogP contribution in [0.1, 0.15) is 36.6 Å². The molecule has 0 saturated carbocycles. The largest absolute Gasteiger partial charge is 0.378 e. The van der Waals surface area contributed by atoms with Gasteiger partial charge in [0.1, 0.15) is 0 Å². The highest BCUT2D eigenvalue weighted by atomic mass is 32.1. The molecule has 19 heavy (non-hydrogen) atoms. The van der Waals surface area contributed by atoms with E-state index in [-0.39, 0.29) is 0 Å². The predicted octanol–water partition coefficient (Wildman–Crippen LogP) is 2.56. The zero-order valence-electron chi connectivity index (χ0n) is 11.9. The van der Waals surface area contributed by atoms with E-state index in [1.807, 2.05) is 11.3 Å². The van der Waals surface area contributed by atoms with Gasteiger partial charge in [-0.3, -0.25) is 0 Å². The first kappa shape index (κ1) is 15.0. The van der Waals surface area contributed by atoms with Gasteiger partial charge in [0.15, 0.2) is 0 Å². The van der Waals surface area contributed by atoms with Gasteiger partial charge >= 0.3 is 0 Å². The molecule has 1 aromatic rings. The molecule has 0 radical (unpaired) electrons. The van der Waals surface area contributed by atoms with Gasteiger partial charge in [0.25, 0.3) is 0 Å². The molecule has 2 heterocycles. The molecular weight excluding hydrogens is 256 g/mol. The van der Waals surface area contributed by atoms with E-state index < -0.39 is 0 Å². The average molecular weight is 282 g/mol. The number of thiophene rings is 1. The maximum absolute atomic E-state index is 5.89. The second-order valence-electron chi connectivity index (χ2n) is 5.07. The quantitative estimate of drug-likeness (QED) is 0.719. The summed E-state index contributed by atoms with van der Waals surface area (Å²) >= 11 is 1.86. The fourth-order valence-electron chi connectivity index (χ4n) is 2.45. The van der Waals surface area contributed by atoms with Crippen LogP contribution in [0, 0.1) is 0 Å². The first-order valence-corrected chi connectivity index (χ1v) is 8.36. The van der Waals surface area contributed by atoms with Crippen molar-refractivity contribution >= 4 is 11.3 Å². The minimum absolute atomic E-state index is 0.491. The van der Waals surface area contributed by atoms with Crippen LogP contribution >= 0.6 is 11.3 Å². The van der Waals surface area contributed by atoms with Crippen molar-refractivity contribution in [2.24, 2.45) is 0 Å². The van der Waals surface area contributed by atoms with Gasteiger partial charge in [0.2, 0.25) is 0 Å². The molecule has 3 nitrogen and oxygen atoms in total. The van der Waals surface area contributed by atoms with Crippen LogP contribution in [0.3, 0.4) is 0 Å². The molecule has 108 valence electrons. The van der Waals surface area contributed by atoms with Crippen LogP contribution in [-0.4, -0.2) is 32.3 Å². The highest BCUT2D eigenvalue weighted by Gasteiger charge is 2.12. The van der Waals surface area contributed by atoms with Crippen LogP contribution in [-0.2, 0) is 17.7 Å². The van der Waals surface area contributed by atoms with Gasteiger partial charge < -0.3 is 15.4 Å². The molecule has 0 bridgehead atoms. The van der Waals surface area contributed by atoms with Crippen molar-refractivity contribution in [3.63, 3.8) is 0 Å². The van der Waals surface area contributed by atoms with Crippen LogP contribution < -0.4 is 10.6 Å². The first-order valence-electron chi connectivity index (χ1n) is 7.48. The van der Waals surface area contributed by atoms with Gasteiger partial charge in [0.05, 0.1) is 6.10 Å². The van der Waals surface area contributed by atoms with Gasteiger partial charge in [-0.05, 0) is 62.3 Å². The summed E-state index contributed by atoms with van der Waals surface area (Å²) in [5.41, 5.74) is 1.49. The summed E-state index contributed by atoms with van der Waals surface area (Å²) < 4.78 is 5.89. The number of nitrogens with one attached hydrogen (secondary N) is 2. The summed E-state index contributed by atoms with van der Waals surface area (Å²) in [4.78, 5) is 1.49. The summed E-state index contributed by atoms with van der Waals surface area (Å²) in [6.07, 6.45) is 5.08. The van der Waals surface area contributed by atoms with Crippen molar-refractivity contribution in [2.45, 2.75) is 45.3 Å². The van der Waals surface area contributed by atoms with Crippen molar-refractivity contribution in [1.82, 2.24) is 10.6 Å². The number of hydrogen-bond donors (Lipinski definition) is 2. The third-order valence-electron chi connectivity index (χ3n) is 3.64. The summed E-state index contributed by atoms with van der Waals surface area (Å²) in [6.45, 7) is 7.39. The van der Waals surface area contributed by atoms with Crippen molar-refractivity contribution in [3.8, 4) is 0 Å². The molecule has 0 unspecified atom stereocenters. The summed E-state index contributed by atoms with van der Waals surface area (Å²) in [5, 5.41) is 9.07. The summed E-state index contributed by atoms with van der Waals surface area (Å²) in [5.74, 6) is 0. The number of piperidine rings is 1. The minimum Gasteiger partial charge on any atom is -0.378 e. The second-order valence-corrected chi connectivity index (χ2v) is 6.07. The van der Waals surface area contributed by atoms with E-state index in [1.165, 1.54) is 23.3 Å². The van der Waals surface area contributed by atoms with Crippen LogP contribution in [0.15, 0.2) is 11.4 Å². The van der Waals surface area contributed by atoms with Crippen molar-refractivity contribution in [3.05, 3.63) is 21.9 Å². The molecule has 0 aliphatic carbocycles. The van der Waals surface area contributed by atoms with E-state index in [1.54, 1.807) is 0 Å². The highest BCUT2D eigenvalue weighted by Crippen LogP contribution is 2.16. The lowest BCUT2D eigenvalue weighted by Crippen LogP contribution is -2.32. The maximum Gasteiger partial charge on any atom is 0.0599 e. The van der Waals surface area contributed by atoms with Gasteiger partial charge in [-0.2, -0.15) is 0 Å². The Hall–Kier alpha value is -0.420. The molecule has 4 heteroatoms. The van der Waals surface area contributed by atoms with Gasteiger partial charge in [0, 0.05) is 18.0 Å². The molecule has 2 rings (SSSR count). The van der Waals surface area contributed by atoms with Crippen LogP contribution in [0.4, 0.5) is 0 Å². The number of aryl methyl sites for hydroxylation is 1. The number of ether oxygens (including phenoxy) is 1. The predicted molar refractivity (Wildman–Crippen MR) is 81.9 cm³/mol. The summed E-state index contributed by atoms with van der Waals surface area (Å²) in [6, 6.07) is 2.24. The molecule has 1 fully saturated rings. The van der Waals surface area contributed by atoms with Crippen molar-refractivity contribution in [1.29, 1.82) is 0 Å². The number of rotatable bonds is 8. The smallest absolute Gasteiger partial charge is 0.0599 e. The van der Waals surface area contributed by atoms with E-state index in [4.69, 9.17) is 4.74 Å². The lowest BCUT2D eigenvalue weighted by atomic mass is 10.1. The van der Waals surface area contributed by atoms with E-state index in [2.05, 4.69) is 29.0 Å². The SMILES string of the molecule is CCc1ccsc1CNCCCOC1CCNCC1. The molecule has 1 saturated heterocycles. The van der Waals surface area contributed by atoms with E-state index >= 15 is 0 Å². The van der Waals surface area contributed by atoms with Crippen LogP contribution in [0.25, 0.3) is 0 Å². The molecule has 0 amide bonds. The zero-order valence-corrected chi connectivity index (χ0v) is 12.7. The summed E-state index contributed by atoms with van der Waals surface area (Å²) in [7, 11) is 0. The van der Waals surface area contributed by atoms with E-state index in [9.17, 15) is 0 Å². The van der Waals surface area contributed by atoms with Gasteiger partial charge in [-0.15, -0.1) is 11.3 Å². The van der Waals surface area contributed by atoms with E-state index in [0.717, 1.165) is 45.6 Å².